The minimum atomic E-state index is -4.00. The third-order valence-corrected chi connectivity index (χ3v) is 5.80. The summed E-state index contributed by atoms with van der Waals surface area (Å²) in [7, 11) is -1.18. The number of sulfonamides is 1. The first-order valence-electron chi connectivity index (χ1n) is 10.0. The molecule has 0 saturated carbocycles. The number of anilines is 1. The first kappa shape index (κ1) is 23.9. The maximum absolute atomic E-state index is 13.0. The summed E-state index contributed by atoms with van der Waals surface area (Å²) in [6.07, 6.45) is 1.50. The molecule has 2 aromatic carbocycles. The Morgan fingerprint density at radius 3 is 2.45 bits per heavy atom. The van der Waals surface area contributed by atoms with Crippen LogP contribution < -0.4 is 24.2 Å². The lowest BCUT2D eigenvalue weighted by atomic mass is 10.2. The number of amides is 1. The number of rotatable bonds is 9. The topological polar surface area (TPSA) is 116 Å². The highest BCUT2D eigenvalue weighted by atomic mass is 32.2. The summed E-state index contributed by atoms with van der Waals surface area (Å²) in [6.45, 7) is 3.70. The van der Waals surface area contributed by atoms with Crippen molar-refractivity contribution in [2.24, 2.45) is 0 Å². The smallest absolute Gasteiger partial charge is 0.265 e. The molecule has 0 fully saturated rings. The SMILES string of the molecule is COc1ccc(OC)c(S(=O)(=O)Nc2cccc(Oc3ncccc3C(=O)NC(C)C)c2)c1. The van der Waals surface area contributed by atoms with Gasteiger partial charge < -0.3 is 19.5 Å². The van der Waals surface area contributed by atoms with Gasteiger partial charge in [0, 0.05) is 24.4 Å². The molecule has 0 aliphatic carbocycles. The van der Waals surface area contributed by atoms with Crippen molar-refractivity contribution in [3.8, 4) is 23.1 Å². The second-order valence-electron chi connectivity index (χ2n) is 7.24. The molecule has 2 N–H and O–H groups in total. The Balaban J connectivity index is 1.87. The average molecular weight is 472 g/mol. The van der Waals surface area contributed by atoms with E-state index in [1.54, 1.807) is 36.4 Å². The van der Waals surface area contributed by atoms with Crippen molar-refractivity contribution in [1.29, 1.82) is 0 Å². The van der Waals surface area contributed by atoms with Crippen LogP contribution in [0.1, 0.15) is 24.2 Å². The second-order valence-corrected chi connectivity index (χ2v) is 8.89. The van der Waals surface area contributed by atoms with Crippen molar-refractivity contribution in [3.63, 3.8) is 0 Å². The van der Waals surface area contributed by atoms with E-state index in [1.165, 1.54) is 38.6 Å². The predicted molar refractivity (Wildman–Crippen MR) is 124 cm³/mol. The number of ether oxygens (including phenoxy) is 3. The molecule has 10 heteroatoms. The minimum absolute atomic E-state index is 0.0584. The Morgan fingerprint density at radius 2 is 1.76 bits per heavy atom. The highest BCUT2D eigenvalue weighted by molar-refractivity contribution is 7.92. The van der Waals surface area contributed by atoms with Crippen molar-refractivity contribution in [2.45, 2.75) is 24.8 Å². The molecular weight excluding hydrogens is 446 g/mol. The number of aromatic nitrogens is 1. The molecule has 0 atom stereocenters. The van der Waals surface area contributed by atoms with Crippen molar-refractivity contribution in [2.75, 3.05) is 18.9 Å². The van der Waals surface area contributed by atoms with Gasteiger partial charge in [-0.05, 0) is 50.2 Å². The van der Waals surface area contributed by atoms with E-state index in [1.807, 2.05) is 13.8 Å². The summed E-state index contributed by atoms with van der Waals surface area (Å²) in [6, 6.07) is 14.0. The first-order valence-corrected chi connectivity index (χ1v) is 11.5. The van der Waals surface area contributed by atoms with Crippen LogP contribution in [0.4, 0.5) is 5.69 Å². The first-order chi connectivity index (χ1) is 15.7. The predicted octanol–water partition coefficient (Wildman–Crippen LogP) is 3.83. The maximum atomic E-state index is 13.0. The van der Waals surface area contributed by atoms with Crippen LogP contribution in [-0.2, 0) is 10.0 Å². The molecule has 174 valence electrons. The van der Waals surface area contributed by atoms with Crippen LogP contribution in [0.15, 0.2) is 65.7 Å². The molecule has 3 aromatic rings. The standard InChI is InChI=1S/C23H25N3O6S/c1-15(2)25-22(27)19-9-6-12-24-23(19)32-18-8-5-7-16(13-18)26-33(28,29)21-14-17(30-3)10-11-20(21)31-4/h5-15,26H,1-4H3,(H,25,27). The van der Waals surface area contributed by atoms with E-state index < -0.39 is 10.0 Å². The molecule has 1 aromatic heterocycles. The van der Waals surface area contributed by atoms with Gasteiger partial charge in [0.15, 0.2) is 0 Å². The van der Waals surface area contributed by atoms with E-state index in [0.717, 1.165) is 0 Å². The highest BCUT2D eigenvalue weighted by Gasteiger charge is 2.21. The Morgan fingerprint density at radius 1 is 0.970 bits per heavy atom. The van der Waals surface area contributed by atoms with Crippen LogP contribution in [0.3, 0.4) is 0 Å². The number of methoxy groups -OCH3 is 2. The van der Waals surface area contributed by atoms with Gasteiger partial charge in [-0.25, -0.2) is 13.4 Å². The van der Waals surface area contributed by atoms with Crippen molar-refractivity contribution < 1.29 is 27.4 Å². The Hall–Kier alpha value is -3.79. The molecule has 33 heavy (non-hydrogen) atoms. The van der Waals surface area contributed by atoms with Gasteiger partial charge in [-0.3, -0.25) is 9.52 Å². The molecule has 3 rings (SSSR count). The monoisotopic (exact) mass is 471 g/mol. The van der Waals surface area contributed by atoms with Crippen LogP contribution in [0, 0.1) is 0 Å². The summed E-state index contributed by atoms with van der Waals surface area (Å²) in [5.41, 5.74) is 0.514. The summed E-state index contributed by atoms with van der Waals surface area (Å²) < 4.78 is 44.7. The molecule has 9 nitrogen and oxygen atoms in total. The third-order valence-electron chi connectivity index (χ3n) is 4.40. The molecule has 0 bridgehead atoms. The zero-order valence-corrected chi connectivity index (χ0v) is 19.5. The van der Waals surface area contributed by atoms with Crippen molar-refractivity contribution in [3.05, 3.63) is 66.4 Å². The Labute approximate surface area is 192 Å². The second kappa shape index (κ2) is 10.2. The lowest BCUT2D eigenvalue weighted by Crippen LogP contribution is -2.30. The number of pyridine rings is 1. The fourth-order valence-corrected chi connectivity index (χ4v) is 4.16. The van der Waals surface area contributed by atoms with Crippen molar-refractivity contribution in [1.82, 2.24) is 10.3 Å². The minimum Gasteiger partial charge on any atom is -0.497 e. The number of nitrogens with one attached hydrogen (secondary N) is 2. The number of nitrogens with zero attached hydrogens (tertiary/aromatic N) is 1. The summed E-state index contributed by atoms with van der Waals surface area (Å²) >= 11 is 0. The maximum Gasteiger partial charge on any atom is 0.265 e. The molecule has 0 spiro atoms. The van der Waals surface area contributed by atoms with Gasteiger partial charge in [0.1, 0.15) is 27.7 Å². The van der Waals surface area contributed by atoms with Gasteiger partial charge >= 0.3 is 0 Å². The highest BCUT2D eigenvalue weighted by Crippen LogP contribution is 2.31. The van der Waals surface area contributed by atoms with E-state index in [4.69, 9.17) is 14.2 Å². The lowest BCUT2D eigenvalue weighted by Gasteiger charge is -2.14. The van der Waals surface area contributed by atoms with Gasteiger partial charge in [-0.2, -0.15) is 0 Å². The zero-order valence-electron chi connectivity index (χ0n) is 18.7. The fourth-order valence-electron chi connectivity index (χ4n) is 2.92. The Kier molecular flexibility index (Phi) is 7.39. The van der Waals surface area contributed by atoms with E-state index in [9.17, 15) is 13.2 Å². The summed E-state index contributed by atoms with van der Waals surface area (Å²) in [5, 5.41) is 2.79. The Bertz CT molecular complexity index is 1240. The third kappa shape index (κ3) is 5.92. The van der Waals surface area contributed by atoms with Crippen LogP contribution in [0.2, 0.25) is 0 Å². The number of benzene rings is 2. The largest absolute Gasteiger partial charge is 0.497 e. The van der Waals surface area contributed by atoms with Crippen LogP contribution in [0.25, 0.3) is 0 Å². The molecule has 1 heterocycles. The summed E-state index contributed by atoms with van der Waals surface area (Å²) in [4.78, 5) is 16.5. The summed E-state index contributed by atoms with van der Waals surface area (Å²) in [5.74, 6) is 0.617. The molecule has 0 radical (unpaired) electrons. The van der Waals surface area contributed by atoms with E-state index in [2.05, 4.69) is 15.0 Å². The molecule has 0 unspecified atom stereocenters. The number of hydrogen-bond acceptors (Lipinski definition) is 7. The van der Waals surface area contributed by atoms with Crippen LogP contribution in [-0.4, -0.2) is 39.6 Å². The van der Waals surface area contributed by atoms with Gasteiger partial charge in [0.05, 0.1) is 19.9 Å². The number of hydrogen-bond donors (Lipinski definition) is 2. The van der Waals surface area contributed by atoms with Crippen LogP contribution >= 0.6 is 0 Å². The number of carbonyl (C=O) groups is 1. The van der Waals surface area contributed by atoms with E-state index >= 15 is 0 Å². The molecule has 0 aliphatic rings. The molecule has 1 amide bonds. The van der Waals surface area contributed by atoms with E-state index in [-0.39, 0.29) is 39.7 Å². The van der Waals surface area contributed by atoms with Gasteiger partial charge in [0.25, 0.3) is 15.9 Å². The van der Waals surface area contributed by atoms with Crippen LogP contribution in [0.5, 0.6) is 23.1 Å². The molecular formula is C23H25N3O6S. The van der Waals surface area contributed by atoms with Gasteiger partial charge in [-0.15, -0.1) is 0 Å². The molecule has 0 aliphatic heterocycles. The van der Waals surface area contributed by atoms with Gasteiger partial charge in [-0.1, -0.05) is 6.07 Å². The fraction of sp³-hybridized carbons (Fsp3) is 0.217. The molecule has 0 saturated heterocycles. The lowest BCUT2D eigenvalue weighted by molar-refractivity contribution is 0.0940. The van der Waals surface area contributed by atoms with Crippen molar-refractivity contribution >= 4 is 21.6 Å². The average Bonchev–Trinajstić information content (AvgIpc) is 2.78. The zero-order chi connectivity index (χ0) is 24.0. The quantitative estimate of drug-likeness (QED) is 0.487. The number of carbonyl (C=O) groups excluding carboxylic acids is 1. The normalized spacial score (nSPS) is 11.1. The van der Waals surface area contributed by atoms with Gasteiger partial charge in [0.2, 0.25) is 5.88 Å². The van der Waals surface area contributed by atoms with E-state index in [0.29, 0.717) is 11.5 Å².